The minimum atomic E-state index is -0.688. The third-order valence-corrected chi connectivity index (χ3v) is 4.14. The van der Waals surface area contributed by atoms with Crippen molar-refractivity contribution in [2.75, 3.05) is 5.73 Å². The number of pyridine rings is 1. The monoisotopic (exact) mass is 330 g/mol. The molecule has 0 saturated heterocycles. The van der Waals surface area contributed by atoms with Crippen LogP contribution in [-0.2, 0) is 0 Å². The van der Waals surface area contributed by atoms with Crippen molar-refractivity contribution in [3.8, 4) is 0 Å². The van der Waals surface area contributed by atoms with Gasteiger partial charge in [0.2, 0.25) is 0 Å². The highest BCUT2D eigenvalue weighted by Gasteiger charge is 2.14. The number of nitrogens with zero attached hydrogens (tertiary/aromatic N) is 1. The summed E-state index contributed by atoms with van der Waals surface area (Å²) in [4.78, 5) is 4.02. The maximum Gasteiger partial charge on any atom is 0.142 e. The molecule has 1 heterocycles. The second-order valence-electron chi connectivity index (χ2n) is 3.72. The average Bonchev–Trinajstić information content (AvgIpc) is 2.25. The normalized spacial score (nSPS) is 10.7. The zero-order chi connectivity index (χ0) is 13.3. The van der Waals surface area contributed by atoms with E-state index in [9.17, 15) is 8.78 Å². The van der Waals surface area contributed by atoms with Crippen LogP contribution in [0.25, 0.3) is 0 Å². The van der Waals surface area contributed by atoms with E-state index in [2.05, 4.69) is 20.9 Å². The Labute approximate surface area is 116 Å². The van der Waals surface area contributed by atoms with Crippen LogP contribution in [0.2, 0.25) is 0 Å². The highest BCUT2D eigenvalue weighted by atomic mass is 79.9. The van der Waals surface area contributed by atoms with Crippen LogP contribution in [0.4, 0.5) is 14.5 Å². The van der Waals surface area contributed by atoms with Gasteiger partial charge < -0.3 is 5.73 Å². The zero-order valence-corrected chi connectivity index (χ0v) is 11.8. The number of aromatic nitrogens is 1. The van der Waals surface area contributed by atoms with E-state index in [0.29, 0.717) is 9.50 Å². The highest BCUT2D eigenvalue weighted by molar-refractivity contribution is 9.10. The van der Waals surface area contributed by atoms with E-state index in [1.165, 1.54) is 0 Å². The number of benzene rings is 1. The summed E-state index contributed by atoms with van der Waals surface area (Å²) in [5, 5.41) is 0.503. The molecule has 0 saturated carbocycles. The first-order valence-electron chi connectivity index (χ1n) is 5.02. The Morgan fingerprint density at radius 3 is 2.39 bits per heavy atom. The Balaban J connectivity index is 2.40. The van der Waals surface area contributed by atoms with Gasteiger partial charge in [0, 0.05) is 11.9 Å². The molecule has 2 nitrogen and oxygen atoms in total. The lowest BCUT2D eigenvalue weighted by Gasteiger charge is -2.07. The van der Waals surface area contributed by atoms with Gasteiger partial charge in [-0.1, -0.05) is 11.8 Å². The van der Waals surface area contributed by atoms with Crippen LogP contribution < -0.4 is 5.73 Å². The molecule has 0 aliphatic carbocycles. The fraction of sp³-hybridized carbons (Fsp3) is 0.0833. The Kier molecular flexibility index (Phi) is 3.87. The van der Waals surface area contributed by atoms with E-state index < -0.39 is 11.6 Å². The van der Waals surface area contributed by atoms with Crippen molar-refractivity contribution in [1.82, 2.24) is 4.98 Å². The SMILES string of the molecule is Cc1cnc(Sc2c(F)cc(N)cc2F)c(Br)c1. The minimum absolute atomic E-state index is 0.0604. The molecule has 0 atom stereocenters. The molecule has 2 aromatic rings. The summed E-state index contributed by atoms with van der Waals surface area (Å²) in [5.41, 5.74) is 6.38. The number of hydrogen-bond donors (Lipinski definition) is 1. The molecule has 0 aliphatic rings. The van der Waals surface area contributed by atoms with Crippen molar-refractivity contribution in [3.05, 3.63) is 46.1 Å². The molecule has 0 aliphatic heterocycles. The van der Waals surface area contributed by atoms with Crippen LogP contribution in [0.1, 0.15) is 5.56 Å². The lowest BCUT2D eigenvalue weighted by atomic mass is 10.3. The molecule has 6 heteroatoms. The molecule has 2 N–H and O–H groups in total. The van der Waals surface area contributed by atoms with Gasteiger partial charge in [0.25, 0.3) is 0 Å². The molecule has 0 amide bonds. The van der Waals surface area contributed by atoms with Crippen molar-refractivity contribution in [2.24, 2.45) is 0 Å². The summed E-state index contributed by atoms with van der Waals surface area (Å²) in [6.45, 7) is 1.89. The molecule has 1 aromatic carbocycles. The van der Waals surface area contributed by atoms with E-state index in [1.54, 1.807) is 6.20 Å². The van der Waals surface area contributed by atoms with Gasteiger partial charge in [-0.25, -0.2) is 13.8 Å². The summed E-state index contributed by atoms with van der Waals surface area (Å²) >= 11 is 4.24. The molecule has 0 unspecified atom stereocenters. The minimum Gasteiger partial charge on any atom is -0.399 e. The van der Waals surface area contributed by atoms with Crippen LogP contribution in [0, 0.1) is 18.6 Å². The van der Waals surface area contributed by atoms with Crippen LogP contribution in [0.15, 0.2) is 38.8 Å². The molecule has 1 aromatic heterocycles. The standard InChI is InChI=1S/C12H9BrF2N2S/c1-6-2-8(13)12(17-5-6)18-11-9(14)3-7(16)4-10(11)15/h2-5H,16H2,1H3. The maximum absolute atomic E-state index is 13.6. The second kappa shape index (κ2) is 5.24. The first kappa shape index (κ1) is 13.3. The summed E-state index contributed by atoms with van der Waals surface area (Å²) in [6, 6.07) is 4.02. The highest BCUT2D eigenvalue weighted by Crippen LogP contribution is 2.35. The van der Waals surface area contributed by atoms with Crippen LogP contribution >= 0.6 is 27.7 Å². The third kappa shape index (κ3) is 2.81. The van der Waals surface area contributed by atoms with Gasteiger partial charge in [-0.2, -0.15) is 0 Å². The predicted octanol–water partition coefficient (Wildman–Crippen LogP) is 4.16. The van der Waals surface area contributed by atoms with E-state index >= 15 is 0 Å². The smallest absolute Gasteiger partial charge is 0.142 e. The number of halogens is 3. The van der Waals surface area contributed by atoms with Gasteiger partial charge in [-0.15, -0.1) is 0 Å². The number of nitrogen functional groups attached to an aromatic ring is 1. The second-order valence-corrected chi connectivity index (χ2v) is 5.57. The molecular formula is C12H9BrF2N2S. The quantitative estimate of drug-likeness (QED) is 0.840. The van der Waals surface area contributed by atoms with Gasteiger partial charge in [0.1, 0.15) is 16.7 Å². The summed E-state index contributed by atoms with van der Waals surface area (Å²) in [6.07, 6.45) is 1.64. The van der Waals surface area contributed by atoms with E-state index in [0.717, 1.165) is 29.5 Å². The molecule has 2 rings (SSSR count). The molecule has 0 radical (unpaired) electrons. The summed E-state index contributed by atoms with van der Waals surface area (Å²) < 4.78 is 27.9. The van der Waals surface area contributed by atoms with E-state index in [-0.39, 0.29) is 10.6 Å². The first-order valence-corrected chi connectivity index (χ1v) is 6.63. The van der Waals surface area contributed by atoms with Crippen molar-refractivity contribution in [1.29, 1.82) is 0 Å². The van der Waals surface area contributed by atoms with Crippen molar-refractivity contribution >= 4 is 33.4 Å². The van der Waals surface area contributed by atoms with Gasteiger partial charge in [0.15, 0.2) is 0 Å². The lowest BCUT2D eigenvalue weighted by molar-refractivity contribution is 0.541. The van der Waals surface area contributed by atoms with Gasteiger partial charge in [0.05, 0.1) is 9.37 Å². The fourth-order valence-electron chi connectivity index (χ4n) is 1.37. The molecule has 0 spiro atoms. The largest absolute Gasteiger partial charge is 0.399 e. The number of nitrogens with two attached hydrogens (primary N) is 1. The molecule has 18 heavy (non-hydrogen) atoms. The van der Waals surface area contributed by atoms with E-state index in [1.807, 2.05) is 13.0 Å². The molecular weight excluding hydrogens is 322 g/mol. The van der Waals surface area contributed by atoms with Crippen molar-refractivity contribution in [3.63, 3.8) is 0 Å². The molecule has 94 valence electrons. The lowest BCUT2D eigenvalue weighted by Crippen LogP contribution is -1.94. The number of rotatable bonds is 2. The van der Waals surface area contributed by atoms with Crippen molar-refractivity contribution < 1.29 is 8.78 Å². The number of aryl methyl sites for hydroxylation is 1. The molecule has 0 bridgehead atoms. The maximum atomic E-state index is 13.6. The zero-order valence-electron chi connectivity index (χ0n) is 9.38. The van der Waals surface area contributed by atoms with Gasteiger partial charge in [-0.05, 0) is 46.6 Å². The first-order chi connectivity index (χ1) is 8.47. The topological polar surface area (TPSA) is 38.9 Å². The van der Waals surface area contributed by atoms with Gasteiger partial charge >= 0.3 is 0 Å². The Morgan fingerprint density at radius 2 is 1.83 bits per heavy atom. The van der Waals surface area contributed by atoms with Crippen LogP contribution in [0.5, 0.6) is 0 Å². The summed E-state index contributed by atoms with van der Waals surface area (Å²) in [7, 11) is 0. The number of hydrogen-bond acceptors (Lipinski definition) is 3. The average molecular weight is 331 g/mol. The predicted molar refractivity (Wildman–Crippen MR) is 71.6 cm³/mol. The Hall–Kier alpha value is -1.14. The summed E-state index contributed by atoms with van der Waals surface area (Å²) in [5.74, 6) is -1.38. The van der Waals surface area contributed by atoms with E-state index in [4.69, 9.17) is 5.73 Å². The molecule has 0 fully saturated rings. The van der Waals surface area contributed by atoms with Crippen LogP contribution in [-0.4, -0.2) is 4.98 Å². The Bertz CT molecular complexity index is 582. The van der Waals surface area contributed by atoms with Crippen molar-refractivity contribution in [2.45, 2.75) is 16.8 Å². The fourth-order valence-corrected chi connectivity index (χ4v) is 2.84. The Morgan fingerprint density at radius 1 is 1.22 bits per heavy atom. The van der Waals surface area contributed by atoms with Gasteiger partial charge in [-0.3, -0.25) is 0 Å². The van der Waals surface area contributed by atoms with Crippen LogP contribution in [0.3, 0.4) is 0 Å². The third-order valence-electron chi connectivity index (χ3n) is 2.16. The number of anilines is 1.